The van der Waals surface area contributed by atoms with E-state index in [-0.39, 0.29) is 0 Å². The summed E-state index contributed by atoms with van der Waals surface area (Å²) >= 11 is 0. The van der Waals surface area contributed by atoms with Crippen LogP contribution >= 0.6 is 0 Å². The summed E-state index contributed by atoms with van der Waals surface area (Å²) in [7, 11) is 0. The Balaban J connectivity index is 0.442. The van der Waals surface area contributed by atoms with E-state index in [1.54, 1.807) is 0 Å². The Morgan fingerprint density at radius 1 is 0.0979 bits per heavy atom. The van der Waals surface area contributed by atoms with Crippen LogP contribution in [0.5, 0.6) is 0 Å². The molecule has 0 fully saturated rings. The second-order valence-corrected chi connectivity index (χ2v) is 38.2. The maximum Gasteiger partial charge on any atom is 0.143 e. The minimum atomic E-state index is 0.841. The Morgan fingerprint density at radius 3 is 0.762 bits per heavy atom. The van der Waals surface area contributed by atoms with E-state index in [2.05, 4.69) is 510 Å². The Morgan fingerprint density at radius 2 is 0.336 bits per heavy atom. The second-order valence-electron chi connectivity index (χ2n) is 38.2. The smallest absolute Gasteiger partial charge is 0.143 e. The molecule has 0 saturated carbocycles. The molecule has 3 aromatic heterocycles. The predicted molar refractivity (Wildman–Crippen MR) is 604 cm³/mol. The molecule has 0 atom stereocenters. The molecule has 0 unspecified atom stereocenters. The molecule has 29 aromatic rings. The number of hydrogen-bond acceptors (Lipinski definition) is 3. The largest absolute Gasteiger partial charge is 0.456 e. The van der Waals surface area contributed by atoms with E-state index in [9.17, 15) is 0 Å². The molecule has 662 valence electrons. The van der Waals surface area contributed by atoms with Gasteiger partial charge in [-0.25, -0.2) is 0 Å². The fourth-order valence-electron chi connectivity index (χ4n) is 23.5. The molecular weight excluding hydrogens is 1730 g/mol. The van der Waals surface area contributed by atoms with E-state index in [0.29, 0.717) is 0 Å². The Hall–Kier alpha value is -18.8. The molecule has 3 heterocycles. The average molecular weight is 1810 g/mol. The maximum atomic E-state index is 6.98. The van der Waals surface area contributed by atoms with Crippen LogP contribution in [0.2, 0.25) is 0 Å². The van der Waals surface area contributed by atoms with E-state index >= 15 is 0 Å². The molecular formula is C140H84O3. The number of hydrogen-bond donors (Lipinski definition) is 0. The van der Waals surface area contributed by atoms with Crippen molar-refractivity contribution in [3.05, 3.63) is 510 Å². The minimum absolute atomic E-state index is 0.841. The third-order valence-corrected chi connectivity index (χ3v) is 30.2. The van der Waals surface area contributed by atoms with E-state index in [1.807, 2.05) is 0 Å². The Kier molecular flexibility index (Phi) is 18.8. The summed E-state index contributed by atoms with van der Waals surface area (Å²) in [5.41, 5.74) is 37.8. The van der Waals surface area contributed by atoms with Gasteiger partial charge in [-0.2, -0.15) is 0 Å². The van der Waals surface area contributed by atoms with Crippen LogP contribution in [0.25, 0.3) is 308 Å². The molecule has 0 bridgehead atoms. The summed E-state index contributed by atoms with van der Waals surface area (Å²) in [6.45, 7) is 0. The number of benzene rings is 26. The van der Waals surface area contributed by atoms with Crippen LogP contribution < -0.4 is 0 Å². The van der Waals surface area contributed by atoms with E-state index < -0.39 is 0 Å². The number of fused-ring (bicyclic) bond motifs is 17. The molecule has 0 aliphatic heterocycles. The summed E-state index contributed by atoms with van der Waals surface area (Å²) in [4.78, 5) is 0. The fourth-order valence-corrected chi connectivity index (χ4v) is 23.5. The summed E-state index contributed by atoms with van der Waals surface area (Å²) < 4.78 is 20.5. The molecule has 26 aromatic carbocycles. The zero-order chi connectivity index (χ0) is 93.8. The molecule has 3 nitrogen and oxygen atoms in total. The van der Waals surface area contributed by atoms with Crippen LogP contribution in [0.4, 0.5) is 0 Å². The van der Waals surface area contributed by atoms with Crippen molar-refractivity contribution in [2.75, 3.05) is 0 Å². The van der Waals surface area contributed by atoms with Crippen molar-refractivity contribution in [3.8, 4) is 156 Å². The maximum absolute atomic E-state index is 6.98. The molecule has 0 spiro atoms. The predicted octanol–water partition coefficient (Wildman–Crippen LogP) is 39.9. The standard InChI is InChI=1S/C140H84O3/c1-2-26-88(27-3-1)107-35-6-7-36-110(107)138-121-47-18-16-45-119(121)134(120-46-17-19-48-122(120)138)91-62-58-89(59-63-91)108-49-23-51-123-126-83-101(69-73-131(126)142-139(108)123)98-66-57-87-56-65-97(79-106(87)80-98)94-30-21-33-104(77-94)136-115-41-12-14-43-117(115)137(118-44-15-13-42-116(118)136)105-34-22-31-95(78-105)100-68-72-132-125(82-100)124-52-24-50-109(140(124)143-132)102-70-74-130-128(84-102)127-81-99(67-71-129(127)141-130)86-53-60-90(61-54-86)133-111-37-8-10-39-113(111)135(114-40-11-9-38-112(114)133)103-32-20-29-93(76-103)96-64-55-85-25-4-5-28-92(85)75-96/h1-84H. The first-order chi connectivity index (χ1) is 70.9. The van der Waals surface area contributed by atoms with E-state index in [4.69, 9.17) is 13.3 Å². The lowest BCUT2D eigenvalue weighted by Gasteiger charge is -2.19. The van der Waals surface area contributed by atoms with Crippen LogP contribution in [-0.4, -0.2) is 0 Å². The summed E-state index contributed by atoms with van der Waals surface area (Å²) in [5, 5.41) is 25.9. The van der Waals surface area contributed by atoms with Crippen LogP contribution in [0.1, 0.15) is 0 Å². The normalized spacial score (nSPS) is 11.9. The van der Waals surface area contributed by atoms with Gasteiger partial charge in [0.1, 0.15) is 33.5 Å². The van der Waals surface area contributed by atoms with Gasteiger partial charge in [0.25, 0.3) is 0 Å². The van der Waals surface area contributed by atoms with Crippen molar-refractivity contribution in [2.45, 2.75) is 0 Å². The average Bonchev–Trinajstić information content (AvgIpc) is 1.63. The van der Waals surface area contributed by atoms with Crippen molar-refractivity contribution in [2.24, 2.45) is 0 Å². The van der Waals surface area contributed by atoms with Crippen molar-refractivity contribution in [3.63, 3.8) is 0 Å². The van der Waals surface area contributed by atoms with Crippen LogP contribution in [0, 0.1) is 0 Å². The Labute approximate surface area is 824 Å². The van der Waals surface area contributed by atoms with Gasteiger partial charge in [0.15, 0.2) is 0 Å². The Bertz CT molecular complexity index is 10200. The summed E-state index contributed by atoms with van der Waals surface area (Å²) in [6.07, 6.45) is 0. The first-order valence-corrected chi connectivity index (χ1v) is 49.3. The molecule has 29 rings (SSSR count). The van der Waals surface area contributed by atoms with Gasteiger partial charge in [-0.1, -0.05) is 425 Å². The zero-order valence-electron chi connectivity index (χ0n) is 77.7. The topological polar surface area (TPSA) is 39.4 Å². The molecule has 3 heteroatoms. The number of para-hydroxylation sites is 2. The lowest BCUT2D eigenvalue weighted by molar-refractivity contribution is 0.668. The quantitative estimate of drug-likeness (QED) is 0.102. The molecule has 0 radical (unpaired) electrons. The molecule has 0 saturated heterocycles. The highest BCUT2D eigenvalue weighted by Gasteiger charge is 2.26. The second kappa shape index (κ2) is 33.0. The third kappa shape index (κ3) is 13.5. The first kappa shape index (κ1) is 81.4. The first-order valence-electron chi connectivity index (χ1n) is 49.3. The lowest BCUT2D eigenvalue weighted by Crippen LogP contribution is -1.92. The summed E-state index contributed by atoms with van der Waals surface area (Å²) in [6, 6.07) is 188. The highest BCUT2D eigenvalue weighted by Crippen LogP contribution is 2.53. The van der Waals surface area contributed by atoms with E-state index in [0.717, 1.165) is 138 Å². The van der Waals surface area contributed by atoms with Gasteiger partial charge >= 0.3 is 0 Å². The van der Waals surface area contributed by atoms with Gasteiger partial charge < -0.3 is 13.3 Å². The van der Waals surface area contributed by atoms with Crippen LogP contribution in [0.3, 0.4) is 0 Å². The van der Waals surface area contributed by atoms with Crippen molar-refractivity contribution in [1.82, 2.24) is 0 Å². The van der Waals surface area contributed by atoms with Gasteiger partial charge in [0, 0.05) is 43.4 Å². The lowest BCUT2D eigenvalue weighted by atomic mass is 9.83. The zero-order valence-corrected chi connectivity index (χ0v) is 77.7. The van der Waals surface area contributed by atoms with Gasteiger partial charge in [-0.15, -0.1) is 0 Å². The third-order valence-electron chi connectivity index (χ3n) is 30.2. The van der Waals surface area contributed by atoms with Gasteiger partial charge in [-0.3, -0.25) is 0 Å². The molecule has 0 aliphatic rings. The minimum Gasteiger partial charge on any atom is -0.456 e. The monoisotopic (exact) mass is 1810 g/mol. The van der Waals surface area contributed by atoms with E-state index in [1.165, 1.54) is 170 Å². The molecule has 0 aliphatic carbocycles. The van der Waals surface area contributed by atoms with Gasteiger partial charge in [-0.05, 0) is 316 Å². The highest BCUT2D eigenvalue weighted by molar-refractivity contribution is 6.26. The van der Waals surface area contributed by atoms with Gasteiger partial charge in [0.2, 0.25) is 0 Å². The van der Waals surface area contributed by atoms with Crippen LogP contribution in [-0.2, 0) is 0 Å². The van der Waals surface area contributed by atoms with Crippen molar-refractivity contribution >= 4 is 152 Å². The summed E-state index contributed by atoms with van der Waals surface area (Å²) in [5.74, 6) is 0. The molecule has 0 N–H and O–H groups in total. The SMILES string of the molecule is c1ccc(-c2ccccc2-c2c3ccccc3c(-c3ccc(-c4cccc5c4oc4ccc(-c6ccc7ccc(-c8cccc(-c9c%10ccccc%10c(-c%10cccc(-c%11ccc%12oc%13c(-c%14ccc%15oc%16ccc(-c%17ccc(-c%18c%19ccccc%19c(-c%19cccc(-c%20ccc%21ccccc%21c%20)c%19)c%19ccccc%18%19)cc%17)cc%16c%15c%14)cccc%13c%12c%11)c%10)c%10ccccc9%10)c8)cc7c6)cc45)cc3)c3ccccc23)cc1. The number of rotatable bonds is 14. The van der Waals surface area contributed by atoms with Crippen LogP contribution in [0.15, 0.2) is 523 Å². The number of furan rings is 3. The molecule has 0 amide bonds. The van der Waals surface area contributed by atoms with Crippen molar-refractivity contribution < 1.29 is 13.3 Å². The van der Waals surface area contributed by atoms with Gasteiger partial charge in [0.05, 0.1) is 0 Å². The highest BCUT2D eigenvalue weighted by atomic mass is 16.3. The fraction of sp³-hybridized carbons (Fsp3) is 0. The molecule has 143 heavy (non-hydrogen) atoms. The van der Waals surface area contributed by atoms with Crippen molar-refractivity contribution in [1.29, 1.82) is 0 Å².